The fourth-order valence-corrected chi connectivity index (χ4v) is 3.84. The number of hydrogen-bond acceptors (Lipinski definition) is 3. The lowest BCUT2D eigenvalue weighted by molar-refractivity contribution is 0.0462. The SMILES string of the molecule is CC(C)C1CCCC(NC2CC(NC(=O)OC(C)(C)C)C2)CC1. The van der Waals surface area contributed by atoms with Crippen LogP contribution in [0.2, 0.25) is 0 Å². The molecule has 2 fully saturated rings. The molecular weight excluding hydrogens is 288 g/mol. The molecule has 23 heavy (non-hydrogen) atoms. The summed E-state index contributed by atoms with van der Waals surface area (Å²) < 4.78 is 5.31. The summed E-state index contributed by atoms with van der Waals surface area (Å²) in [5.74, 6) is 1.73. The zero-order valence-corrected chi connectivity index (χ0v) is 15.7. The summed E-state index contributed by atoms with van der Waals surface area (Å²) in [7, 11) is 0. The number of alkyl carbamates (subject to hydrolysis) is 1. The minimum Gasteiger partial charge on any atom is -0.444 e. The molecule has 0 radical (unpaired) electrons. The van der Waals surface area contributed by atoms with Crippen molar-refractivity contribution in [1.82, 2.24) is 10.6 Å². The van der Waals surface area contributed by atoms with Crippen LogP contribution in [0.15, 0.2) is 0 Å². The fourth-order valence-electron chi connectivity index (χ4n) is 3.84. The summed E-state index contributed by atoms with van der Waals surface area (Å²) in [5.41, 5.74) is -0.418. The van der Waals surface area contributed by atoms with E-state index in [0.717, 1.165) is 24.7 Å². The largest absolute Gasteiger partial charge is 0.444 e. The lowest BCUT2D eigenvalue weighted by Crippen LogP contribution is -2.55. The quantitative estimate of drug-likeness (QED) is 0.761. The van der Waals surface area contributed by atoms with E-state index >= 15 is 0 Å². The van der Waals surface area contributed by atoms with Gasteiger partial charge in [0.25, 0.3) is 0 Å². The Morgan fingerprint density at radius 3 is 2.30 bits per heavy atom. The first-order valence-corrected chi connectivity index (χ1v) is 9.48. The third-order valence-corrected chi connectivity index (χ3v) is 5.29. The minimum absolute atomic E-state index is 0.275. The van der Waals surface area contributed by atoms with Gasteiger partial charge in [-0.3, -0.25) is 0 Å². The van der Waals surface area contributed by atoms with Gasteiger partial charge in [-0.05, 0) is 64.7 Å². The van der Waals surface area contributed by atoms with Crippen molar-refractivity contribution in [2.45, 2.75) is 103 Å². The van der Waals surface area contributed by atoms with Gasteiger partial charge in [0.05, 0.1) is 0 Å². The molecule has 0 aliphatic heterocycles. The Bertz CT molecular complexity index is 383. The van der Waals surface area contributed by atoms with Gasteiger partial charge in [-0.1, -0.05) is 26.7 Å². The van der Waals surface area contributed by atoms with E-state index in [-0.39, 0.29) is 12.1 Å². The highest BCUT2D eigenvalue weighted by molar-refractivity contribution is 5.68. The predicted molar refractivity (Wildman–Crippen MR) is 94.5 cm³/mol. The highest BCUT2D eigenvalue weighted by Crippen LogP contribution is 2.30. The third kappa shape index (κ3) is 6.33. The molecule has 0 bridgehead atoms. The molecule has 2 aliphatic carbocycles. The molecule has 4 nitrogen and oxygen atoms in total. The maximum atomic E-state index is 11.8. The van der Waals surface area contributed by atoms with Crippen molar-refractivity contribution in [2.24, 2.45) is 11.8 Å². The van der Waals surface area contributed by atoms with Crippen molar-refractivity contribution in [3.8, 4) is 0 Å². The van der Waals surface area contributed by atoms with E-state index in [1.54, 1.807) is 0 Å². The number of hydrogen-bond donors (Lipinski definition) is 2. The van der Waals surface area contributed by atoms with E-state index in [1.165, 1.54) is 32.1 Å². The Labute approximate surface area is 142 Å². The molecule has 2 saturated carbocycles. The summed E-state index contributed by atoms with van der Waals surface area (Å²) in [6.07, 6.45) is 8.51. The average molecular weight is 325 g/mol. The van der Waals surface area contributed by atoms with Gasteiger partial charge < -0.3 is 15.4 Å². The molecule has 2 atom stereocenters. The van der Waals surface area contributed by atoms with Crippen molar-refractivity contribution in [3.05, 3.63) is 0 Å². The second-order valence-electron chi connectivity index (χ2n) is 8.89. The van der Waals surface area contributed by atoms with Crippen LogP contribution in [0.3, 0.4) is 0 Å². The molecule has 0 aromatic rings. The zero-order valence-electron chi connectivity index (χ0n) is 15.7. The monoisotopic (exact) mass is 324 g/mol. The number of rotatable bonds is 4. The summed E-state index contributed by atoms with van der Waals surface area (Å²) >= 11 is 0. The third-order valence-electron chi connectivity index (χ3n) is 5.29. The number of carbonyl (C=O) groups excluding carboxylic acids is 1. The fraction of sp³-hybridized carbons (Fsp3) is 0.947. The van der Waals surface area contributed by atoms with Crippen LogP contribution in [-0.4, -0.2) is 29.8 Å². The van der Waals surface area contributed by atoms with Crippen LogP contribution >= 0.6 is 0 Å². The minimum atomic E-state index is -0.418. The molecule has 0 saturated heterocycles. The van der Waals surface area contributed by atoms with Gasteiger partial charge in [0.1, 0.15) is 5.60 Å². The van der Waals surface area contributed by atoms with E-state index < -0.39 is 5.60 Å². The zero-order chi connectivity index (χ0) is 17.0. The maximum absolute atomic E-state index is 11.8. The maximum Gasteiger partial charge on any atom is 0.407 e. The lowest BCUT2D eigenvalue weighted by Gasteiger charge is -2.39. The molecule has 0 spiro atoms. The Kier molecular flexibility index (Phi) is 6.35. The van der Waals surface area contributed by atoms with Crippen molar-refractivity contribution in [1.29, 1.82) is 0 Å². The molecule has 2 rings (SSSR count). The summed E-state index contributed by atoms with van der Waals surface area (Å²) in [6, 6.07) is 1.51. The van der Waals surface area contributed by atoms with Crippen molar-refractivity contribution < 1.29 is 9.53 Å². The molecule has 1 amide bonds. The van der Waals surface area contributed by atoms with Crippen molar-refractivity contribution >= 4 is 6.09 Å². The molecule has 0 aromatic heterocycles. The number of amides is 1. The van der Waals surface area contributed by atoms with E-state index in [2.05, 4.69) is 24.5 Å². The standard InChI is InChI=1S/C19H36N2O2/c1-13(2)14-7-6-8-15(10-9-14)20-16-11-17(12-16)21-18(22)23-19(3,4)5/h13-17,20H,6-12H2,1-5H3,(H,21,22). The molecule has 4 heteroatoms. The normalized spacial score (nSPS) is 32.1. The van der Waals surface area contributed by atoms with Crippen LogP contribution in [0.1, 0.15) is 79.6 Å². The van der Waals surface area contributed by atoms with Crippen LogP contribution < -0.4 is 10.6 Å². The van der Waals surface area contributed by atoms with E-state index in [9.17, 15) is 4.79 Å². The molecule has 2 aliphatic rings. The first kappa shape index (κ1) is 18.6. The summed E-state index contributed by atoms with van der Waals surface area (Å²) in [5, 5.41) is 6.79. The Balaban J connectivity index is 1.63. The van der Waals surface area contributed by atoms with Crippen LogP contribution in [0.4, 0.5) is 4.79 Å². The first-order valence-electron chi connectivity index (χ1n) is 9.48. The summed E-state index contributed by atoms with van der Waals surface area (Å²) in [4.78, 5) is 11.8. The van der Waals surface area contributed by atoms with Crippen LogP contribution in [0, 0.1) is 11.8 Å². The van der Waals surface area contributed by atoms with Gasteiger partial charge in [0.2, 0.25) is 0 Å². The van der Waals surface area contributed by atoms with Gasteiger partial charge in [-0.25, -0.2) is 4.79 Å². The van der Waals surface area contributed by atoms with Crippen molar-refractivity contribution in [3.63, 3.8) is 0 Å². The van der Waals surface area contributed by atoms with Crippen molar-refractivity contribution in [2.75, 3.05) is 0 Å². The smallest absolute Gasteiger partial charge is 0.407 e. The van der Waals surface area contributed by atoms with Gasteiger partial charge in [-0.15, -0.1) is 0 Å². The molecule has 0 heterocycles. The van der Waals surface area contributed by atoms with E-state index in [0.29, 0.717) is 12.1 Å². The van der Waals surface area contributed by atoms with Crippen LogP contribution in [0.25, 0.3) is 0 Å². The van der Waals surface area contributed by atoms with Gasteiger partial charge in [-0.2, -0.15) is 0 Å². The summed E-state index contributed by atoms with van der Waals surface area (Å²) in [6.45, 7) is 10.4. The van der Waals surface area contributed by atoms with E-state index in [1.807, 2.05) is 20.8 Å². The highest BCUT2D eigenvalue weighted by Gasteiger charge is 2.33. The second kappa shape index (κ2) is 7.87. The average Bonchev–Trinajstić information content (AvgIpc) is 2.59. The van der Waals surface area contributed by atoms with Gasteiger partial charge >= 0.3 is 6.09 Å². The van der Waals surface area contributed by atoms with E-state index in [4.69, 9.17) is 4.74 Å². The first-order chi connectivity index (χ1) is 10.7. The molecule has 0 aromatic carbocycles. The predicted octanol–water partition coefficient (Wildman–Crippen LogP) is 4.24. The Morgan fingerprint density at radius 2 is 1.70 bits per heavy atom. The molecular formula is C19H36N2O2. The van der Waals surface area contributed by atoms with Gasteiger partial charge in [0, 0.05) is 18.1 Å². The number of carbonyl (C=O) groups is 1. The Hall–Kier alpha value is -0.770. The van der Waals surface area contributed by atoms with Crippen LogP contribution in [-0.2, 0) is 4.74 Å². The molecule has 2 unspecified atom stereocenters. The topological polar surface area (TPSA) is 50.4 Å². The second-order valence-corrected chi connectivity index (χ2v) is 8.89. The lowest BCUT2D eigenvalue weighted by atomic mass is 9.85. The number of ether oxygens (including phenoxy) is 1. The molecule has 134 valence electrons. The van der Waals surface area contributed by atoms with Gasteiger partial charge in [0.15, 0.2) is 0 Å². The van der Waals surface area contributed by atoms with Crippen LogP contribution in [0.5, 0.6) is 0 Å². The highest BCUT2D eigenvalue weighted by atomic mass is 16.6. The Morgan fingerprint density at radius 1 is 1.00 bits per heavy atom. The number of nitrogens with one attached hydrogen (secondary N) is 2. The molecule has 2 N–H and O–H groups in total.